The van der Waals surface area contributed by atoms with Crippen molar-refractivity contribution >= 4 is 23.2 Å². The Morgan fingerprint density at radius 3 is 2.51 bits per heavy atom. The van der Waals surface area contributed by atoms with Crippen molar-refractivity contribution in [3.05, 3.63) is 34.9 Å². The van der Waals surface area contributed by atoms with Gasteiger partial charge < -0.3 is 14.0 Å². The maximum absolute atomic E-state index is 12.3. The number of likely N-dealkylation sites (tertiary alicyclic amines) is 1. The van der Waals surface area contributed by atoms with E-state index in [9.17, 15) is 4.79 Å². The predicted molar refractivity (Wildman–Crippen MR) is 141 cm³/mol. The molecule has 7 nitrogen and oxygen atoms in total. The molecule has 35 heavy (non-hydrogen) atoms. The highest BCUT2D eigenvalue weighted by molar-refractivity contribution is 6.33. The van der Waals surface area contributed by atoms with Gasteiger partial charge in [-0.25, -0.2) is 9.78 Å². The Morgan fingerprint density at radius 2 is 1.89 bits per heavy atom. The van der Waals surface area contributed by atoms with Gasteiger partial charge in [0, 0.05) is 57.4 Å². The second kappa shape index (κ2) is 10.7. The fourth-order valence-corrected chi connectivity index (χ4v) is 5.63. The minimum absolute atomic E-state index is 0.187. The van der Waals surface area contributed by atoms with Crippen molar-refractivity contribution in [1.29, 1.82) is 0 Å². The number of hydrogen-bond acceptors (Lipinski definition) is 5. The van der Waals surface area contributed by atoms with Gasteiger partial charge in [-0.15, -0.1) is 0 Å². The molecule has 0 aromatic carbocycles. The van der Waals surface area contributed by atoms with E-state index >= 15 is 0 Å². The SMILES string of the molecule is Cc1ncc2c(Cl)cc(C3CN(C(CCCN4CCN(C(=O)OC(C)(C)C)CC4)C(C)C)C3)cn12. The standard InChI is InChI=1S/C27H42ClN5O2/c1-19(2)24(8-7-9-30-10-12-31(13-11-30)26(34)35-27(4,5)6)32-16-22(17-32)21-14-23(28)25-15-29-20(3)33(25)18-21/h14-15,18-19,22,24H,7-13,16-17H2,1-6H3. The summed E-state index contributed by atoms with van der Waals surface area (Å²) in [5.74, 6) is 2.13. The normalized spacial score (nSPS) is 19.4. The van der Waals surface area contributed by atoms with Gasteiger partial charge in [0.15, 0.2) is 0 Å². The Morgan fingerprint density at radius 1 is 1.20 bits per heavy atom. The lowest BCUT2D eigenvalue weighted by Gasteiger charge is -2.46. The Labute approximate surface area is 215 Å². The van der Waals surface area contributed by atoms with Gasteiger partial charge in [-0.05, 0) is 64.6 Å². The Bertz CT molecular complexity index is 1020. The number of amides is 1. The summed E-state index contributed by atoms with van der Waals surface area (Å²) in [7, 11) is 0. The summed E-state index contributed by atoms with van der Waals surface area (Å²) in [4.78, 5) is 23.7. The second-order valence-electron chi connectivity index (χ2n) is 11.6. The molecule has 1 amide bonds. The molecule has 194 valence electrons. The van der Waals surface area contributed by atoms with Crippen LogP contribution in [-0.2, 0) is 4.74 Å². The maximum Gasteiger partial charge on any atom is 0.410 e. The van der Waals surface area contributed by atoms with Crippen LogP contribution in [0.2, 0.25) is 5.02 Å². The zero-order valence-corrected chi connectivity index (χ0v) is 23.0. The molecule has 4 heterocycles. The number of carbonyl (C=O) groups is 1. The fourth-order valence-electron chi connectivity index (χ4n) is 5.36. The summed E-state index contributed by atoms with van der Waals surface area (Å²) in [6.07, 6.45) is 6.26. The first-order valence-corrected chi connectivity index (χ1v) is 13.5. The molecule has 0 saturated carbocycles. The Balaban J connectivity index is 1.23. The van der Waals surface area contributed by atoms with Crippen molar-refractivity contribution in [3.63, 3.8) is 0 Å². The molecule has 2 aromatic heterocycles. The minimum atomic E-state index is -0.437. The number of imidazole rings is 1. The first-order valence-electron chi connectivity index (χ1n) is 13.1. The summed E-state index contributed by atoms with van der Waals surface area (Å²) >= 11 is 6.54. The van der Waals surface area contributed by atoms with Crippen molar-refractivity contribution < 1.29 is 9.53 Å². The highest BCUT2D eigenvalue weighted by atomic mass is 35.5. The monoisotopic (exact) mass is 503 g/mol. The molecule has 2 saturated heterocycles. The van der Waals surface area contributed by atoms with Crippen LogP contribution in [-0.4, -0.2) is 87.6 Å². The number of rotatable bonds is 7. The average Bonchev–Trinajstić information content (AvgIpc) is 3.12. The molecule has 1 unspecified atom stereocenters. The highest BCUT2D eigenvalue weighted by Crippen LogP contribution is 2.34. The van der Waals surface area contributed by atoms with Crippen LogP contribution in [0.4, 0.5) is 4.79 Å². The second-order valence-corrected chi connectivity index (χ2v) is 12.0. The number of aryl methyl sites for hydroxylation is 1. The minimum Gasteiger partial charge on any atom is -0.444 e. The first-order chi connectivity index (χ1) is 16.5. The molecule has 0 N–H and O–H groups in total. The van der Waals surface area contributed by atoms with Gasteiger partial charge in [0.2, 0.25) is 0 Å². The van der Waals surface area contributed by atoms with Crippen LogP contribution in [0.3, 0.4) is 0 Å². The number of hydrogen-bond donors (Lipinski definition) is 0. The number of pyridine rings is 1. The van der Waals surface area contributed by atoms with E-state index in [0.717, 1.165) is 62.2 Å². The van der Waals surface area contributed by atoms with E-state index in [1.54, 1.807) is 0 Å². The smallest absolute Gasteiger partial charge is 0.410 e. The summed E-state index contributed by atoms with van der Waals surface area (Å²) in [6, 6.07) is 2.73. The molecular formula is C27H42ClN5O2. The topological polar surface area (TPSA) is 53.3 Å². The number of piperazine rings is 1. The van der Waals surface area contributed by atoms with Gasteiger partial charge in [0.05, 0.1) is 16.7 Å². The lowest BCUT2D eigenvalue weighted by molar-refractivity contribution is 0.0137. The lowest BCUT2D eigenvalue weighted by Crippen LogP contribution is -2.53. The van der Waals surface area contributed by atoms with Crippen LogP contribution in [0.5, 0.6) is 0 Å². The lowest BCUT2D eigenvalue weighted by atomic mass is 9.86. The number of carbonyl (C=O) groups excluding carboxylic acids is 1. The molecular weight excluding hydrogens is 462 g/mol. The van der Waals surface area contributed by atoms with E-state index in [1.807, 2.05) is 38.8 Å². The van der Waals surface area contributed by atoms with Gasteiger partial charge in [-0.3, -0.25) is 9.80 Å². The zero-order valence-electron chi connectivity index (χ0n) is 22.3. The third-order valence-corrected chi connectivity index (χ3v) is 7.72. The number of fused-ring (bicyclic) bond motifs is 1. The summed E-state index contributed by atoms with van der Waals surface area (Å²) in [6.45, 7) is 19.1. The average molecular weight is 504 g/mol. The molecule has 0 radical (unpaired) electrons. The highest BCUT2D eigenvalue weighted by Gasteiger charge is 2.35. The molecule has 0 spiro atoms. The van der Waals surface area contributed by atoms with Gasteiger partial charge >= 0.3 is 6.09 Å². The van der Waals surface area contributed by atoms with Crippen molar-refractivity contribution in [1.82, 2.24) is 24.1 Å². The van der Waals surface area contributed by atoms with Crippen LogP contribution in [0.15, 0.2) is 18.5 Å². The largest absolute Gasteiger partial charge is 0.444 e. The summed E-state index contributed by atoms with van der Waals surface area (Å²) in [5, 5.41) is 0.786. The zero-order chi connectivity index (χ0) is 25.3. The van der Waals surface area contributed by atoms with E-state index in [2.05, 4.69) is 45.3 Å². The van der Waals surface area contributed by atoms with Gasteiger partial charge in [-0.1, -0.05) is 25.4 Å². The predicted octanol–water partition coefficient (Wildman–Crippen LogP) is 5.05. The van der Waals surface area contributed by atoms with Gasteiger partial charge in [-0.2, -0.15) is 0 Å². The Hall–Kier alpha value is -1.83. The first kappa shape index (κ1) is 26.2. The molecule has 2 fully saturated rings. The van der Waals surface area contributed by atoms with Crippen LogP contribution in [0.1, 0.15) is 64.8 Å². The van der Waals surface area contributed by atoms with Gasteiger partial charge in [0.25, 0.3) is 0 Å². The maximum atomic E-state index is 12.3. The van der Waals surface area contributed by atoms with Crippen molar-refractivity contribution in [3.8, 4) is 0 Å². The van der Waals surface area contributed by atoms with E-state index in [-0.39, 0.29) is 6.09 Å². The number of aromatic nitrogens is 2. The summed E-state index contributed by atoms with van der Waals surface area (Å²) in [5.41, 5.74) is 1.86. The molecule has 0 bridgehead atoms. The van der Waals surface area contributed by atoms with E-state index in [0.29, 0.717) is 17.9 Å². The third kappa shape index (κ3) is 6.30. The van der Waals surface area contributed by atoms with Crippen LogP contribution >= 0.6 is 11.6 Å². The molecule has 4 rings (SSSR count). The van der Waals surface area contributed by atoms with E-state index in [4.69, 9.17) is 16.3 Å². The van der Waals surface area contributed by atoms with Crippen molar-refractivity contribution in [2.45, 2.75) is 71.9 Å². The third-order valence-electron chi connectivity index (χ3n) is 7.42. The van der Waals surface area contributed by atoms with Crippen LogP contribution in [0.25, 0.3) is 5.52 Å². The number of nitrogens with zero attached hydrogens (tertiary/aromatic N) is 5. The molecule has 0 aliphatic carbocycles. The van der Waals surface area contributed by atoms with E-state index < -0.39 is 5.60 Å². The molecule has 2 aliphatic heterocycles. The quantitative estimate of drug-likeness (QED) is 0.529. The van der Waals surface area contributed by atoms with Crippen LogP contribution < -0.4 is 0 Å². The molecule has 2 aliphatic rings. The van der Waals surface area contributed by atoms with E-state index in [1.165, 1.54) is 18.4 Å². The number of ether oxygens (including phenoxy) is 1. The van der Waals surface area contributed by atoms with Crippen LogP contribution in [0, 0.1) is 12.8 Å². The molecule has 1 atom stereocenters. The number of halogens is 1. The summed E-state index contributed by atoms with van der Waals surface area (Å²) < 4.78 is 7.63. The fraction of sp³-hybridized carbons (Fsp3) is 0.704. The molecule has 2 aromatic rings. The van der Waals surface area contributed by atoms with Gasteiger partial charge in [0.1, 0.15) is 11.4 Å². The molecule has 8 heteroatoms. The van der Waals surface area contributed by atoms with Crippen molar-refractivity contribution in [2.24, 2.45) is 5.92 Å². The van der Waals surface area contributed by atoms with Crippen molar-refractivity contribution in [2.75, 3.05) is 45.8 Å². The Kier molecular flexibility index (Phi) is 7.99.